The Morgan fingerprint density at radius 3 is 2.16 bits per heavy atom. The molecule has 1 atom stereocenters. The average molecular weight is 292 g/mol. The number of hydrogen-bond acceptors (Lipinski definition) is 5. The molecule has 0 bridgehead atoms. The van der Waals surface area contributed by atoms with Crippen molar-refractivity contribution in [1.82, 2.24) is 10.6 Å². The highest BCUT2D eigenvalue weighted by Gasteiger charge is 2.03. The van der Waals surface area contributed by atoms with Crippen molar-refractivity contribution in [3.63, 3.8) is 0 Å². The van der Waals surface area contributed by atoms with Gasteiger partial charge in [0.2, 0.25) is 5.91 Å². The van der Waals surface area contributed by atoms with Crippen molar-refractivity contribution in [3.8, 4) is 0 Å². The van der Waals surface area contributed by atoms with Gasteiger partial charge < -0.3 is 20.1 Å². The molecule has 0 aliphatic heterocycles. The Balaban J connectivity index is 3.13. The van der Waals surface area contributed by atoms with Gasteiger partial charge in [0, 0.05) is 24.9 Å². The standard InChI is InChI=1S/C13H28N2O3S/c1-11(2)10-13(16)15-5-7-18-9-8-17-6-4-14-12(3)19/h11-12,14,19H,4-10H2,1-3H3,(H,15,16). The second kappa shape index (κ2) is 12.7. The molecule has 0 aliphatic carbocycles. The molecule has 1 amide bonds. The first-order valence-electron chi connectivity index (χ1n) is 6.86. The number of rotatable bonds is 12. The molecule has 1 unspecified atom stereocenters. The Kier molecular flexibility index (Phi) is 12.5. The van der Waals surface area contributed by atoms with E-state index in [9.17, 15) is 4.79 Å². The van der Waals surface area contributed by atoms with Crippen molar-refractivity contribution >= 4 is 18.5 Å². The minimum atomic E-state index is 0.0850. The van der Waals surface area contributed by atoms with Gasteiger partial charge in [0.05, 0.1) is 26.4 Å². The molecule has 0 spiro atoms. The Morgan fingerprint density at radius 2 is 1.63 bits per heavy atom. The third-order valence-electron chi connectivity index (χ3n) is 2.22. The first-order chi connectivity index (χ1) is 9.02. The van der Waals surface area contributed by atoms with Gasteiger partial charge in [0.15, 0.2) is 0 Å². The van der Waals surface area contributed by atoms with Gasteiger partial charge in [-0.1, -0.05) is 13.8 Å². The summed E-state index contributed by atoms with van der Waals surface area (Å²) in [6.07, 6.45) is 0.569. The summed E-state index contributed by atoms with van der Waals surface area (Å²) in [6.45, 7) is 9.67. The van der Waals surface area contributed by atoms with Crippen LogP contribution in [-0.4, -0.2) is 50.8 Å². The largest absolute Gasteiger partial charge is 0.378 e. The molecule has 0 aromatic rings. The van der Waals surface area contributed by atoms with Gasteiger partial charge in [-0.15, -0.1) is 0 Å². The number of carbonyl (C=O) groups is 1. The first kappa shape index (κ1) is 18.7. The zero-order valence-corrected chi connectivity index (χ0v) is 13.2. The highest BCUT2D eigenvalue weighted by Crippen LogP contribution is 1.97. The van der Waals surface area contributed by atoms with E-state index in [0.717, 1.165) is 6.54 Å². The summed E-state index contributed by atoms with van der Waals surface area (Å²) in [5.41, 5.74) is 0. The molecule has 0 aromatic heterocycles. The Hall–Kier alpha value is -0.300. The maximum absolute atomic E-state index is 11.3. The molecule has 0 saturated carbocycles. The fourth-order valence-electron chi connectivity index (χ4n) is 1.37. The summed E-state index contributed by atoms with van der Waals surface area (Å²) in [5, 5.41) is 6.14. The summed E-state index contributed by atoms with van der Waals surface area (Å²) >= 11 is 4.19. The molecule has 5 nitrogen and oxygen atoms in total. The van der Waals surface area contributed by atoms with E-state index < -0.39 is 0 Å². The Morgan fingerprint density at radius 1 is 1.05 bits per heavy atom. The number of thiol groups is 1. The van der Waals surface area contributed by atoms with E-state index in [-0.39, 0.29) is 11.3 Å². The van der Waals surface area contributed by atoms with Crippen LogP contribution in [0, 0.1) is 5.92 Å². The second-order valence-corrected chi connectivity index (χ2v) is 5.58. The van der Waals surface area contributed by atoms with Gasteiger partial charge in [-0.05, 0) is 12.8 Å². The van der Waals surface area contributed by atoms with E-state index in [1.165, 1.54) is 0 Å². The van der Waals surface area contributed by atoms with Crippen molar-refractivity contribution in [2.45, 2.75) is 32.6 Å². The summed E-state index contributed by atoms with van der Waals surface area (Å²) < 4.78 is 10.7. The minimum Gasteiger partial charge on any atom is -0.378 e. The van der Waals surface area contributed by atoms with Crippen LogP contribution in [-0.2, 0) is 14.3 Å². The lowest BCUT2D eigenvalue weighted by Crippen LogP contribution is -2.28. The van der Waals surface area contributed by atoms with Crippen LogP contribution in [0.25, 0.3) is 0 Å². The van der Waals surface area contributed by atoms with Crippen molar-refractivity contribution in [1.29, 1.82) is 0 Å². The van der Waals surface area contributed by atoms with Crippen molar-refractivity contribution in [2.24, 2.45) is 5.92 Å². The lowest BCUT2D eigenvalue weighted by atomic mass is 10.1. The van der Waals surface area contributed by atoms with Crippen LogP contribution in [0.1, 0.15) is 27.2 Å². The fourth-order valence-corrected chi connectivity index (χ4v) is 1.50. The number of hydrogen-bond donors (Lipinski definition) is 3. The van der Waals surface area contributed by atoms with E-state index in [1.807, 2.05) is 20.8 Å². The Labute approximate surface area is 122 Å². The highest BCUT2D eigenvalue weighted by molar-refractivity contribution is 7.80. The number of nitrogens with one attached hydrogen (secondary N) is 2. The van der Waals surface area contributed by atoms with Crippen LogP contribution in [0.15, 0.2) is 0 Å². The summed E-state index contributed by atoms with van der Waals surface area (Å²) in [4.78, 5) is 11.3. The molecule has 0 rings (SSSR count). The molecule has 0 fully saturated rings. The minimum absolute atomic E-state index is 0.0850. The van der Waals surface area contributed by atoms with Gasteiger partial charge in [-0.25, -0.2) is 0 Å². The molecule has 114 valence electrons. The van der Waals surface area contributed by atoms with E-state index in [0.29, 0.717) is 45.3 Å². The van der Waals surface area contributed by atoms with Gasteiger partial charge in [-0.3, -0.25) is 4.79 Å². The van der Waals surface area contributed by atoms with Crippen LogP contribution in [0.4, 0.5) is 0 Å². The third-order valence-corrected chi connectivity index (χ3v) is 2.40. The maximum Gasteiger partial charge on any atom is 0.220 e. The summed E-state index contributed by atoms with van der Waals surface area (Å²) in [7, 11) is 0. The molecule has 0 heterocycles. The third kappa shape index (κ3) is 15.6. The lowest BCUT2D eigenvalue weighted by Gasteiger charge is -2.09. The molecule has 6 heteroatoms. The molecule has 19 heavy (non-hydrogen) atoms. The average Bonchev–Trinajstić information content (AvgIpc) is 2.30. The fraction of sp³-hybridized carbons (Fsp3) is 0.923. The van der Waals surface area contributed by atoms with Crippen LogP contribution in [0.5, 0.6) is 0 Å². The van der Waals surface area contributed by atoms with E-state index in [4.69, 9.17) is 9.47 Å². The normalized spacial score (nSPS) is 12.7. The molecule has 2 N–H and O–H groups in total. The molecule has 0 aromatic carbocycles. The predicted molar refractivity (Wildman–Crippen MR) is 80.6 cm³/mol. The van der Waals surface area contributed by atoms with Gasteiger partial charge in [-0.2, -0.15) is 12.6 Å². The second-order valence-electron chi connectivity index (χ2n) is 4.80. The monoisotopic (exact) mass is 292 g/mol. The quantitative estimate of drug-likeness (QED) is 0.286. The van der Waals surface area contributed by atoms with Crippen molar-refractivity contribution in [2.75, 3.05) is 39.5 Å². The predicted octanol–water partition coefficient (Wildman–Crippen LogP) is 1.05. The zero-order chi connectivity index (χ0) is 14.5. The van der Waals surface area contributed by atoms with E-state index in [2.05, 4.69) is 23.3 Å². The van der Waals surface area contributed by atoms with Crippen LogP contribution in [0.2, 0.25) is 0 Å². The lowest BCUT2D eigenvalue weighted by molar-refractivity contribution is -0.122. The number of amides is 1. The first-order valence-corrected chi connectivity index (χ1v) is 7.37. The van der Waals surface area contributed by atoms with Gasteiger partial charge in [0.1, 0.15) is 0 Å². The SMILES string of the molecule is CC(C)CC(=O)NCCOCCOCCNC(C)S. The highest BCUT2D eigenvalue weighted by atomic mass is 32.1. The number of carbonyl (C=O) groups excluding carboxylic acids is 1. The number of ether oxygens (including phenoxy) is 2. The topological polar surface area (TPSA) is 59.6 Å². The molecule has 0 radical (unpaired) electrons. The van der Waals surface area contributed by atoms with Crippen molar-refractivity contribution < 1.29 is 14.3 Å². The Bertz CT molecular complexity index is 226. The van der Waals surface area contributed by atoms with Crippen LogP contribution < -0.4 is 10.6 Å². The summed E-state index contributed by atoms with van der Waals surface area (Å²) in [6, 6.07) is 0. The molecular weight excluding hydrogens is 264 g/mol. The van der Waals surface area contributed by atoms with Crippen LogP contribution in [0.3, 0.4) is 0 Å². The van der Waals surface area contributed by atoms with Crippen molar-refractivity contribution in [3.05, 3.63) is 0 Å². The van der Waals surface area contributed by atoms with E-state index in [1.54, 1.807) is 0 Å². The van der Waals surface area contributed by atoms with Crippen LogP contribution >= 0.6 is 12.6 Å². The van der Waals surface area contributed by atoms with Gasteiger partial charge in [0.25, 0.3) is 0 Å². The molecular formula is C13H28N2O3S. The van der Waals surface area contributed by atoms with E-state index >= 15 is 0 Å². The molecule has 0 saturated heterocycles. The molecule has 0 aliphatic rings. The smallest absolute Gasteiger partial charge is 0.220 e. The zero-order valence-electron chi connectivity index (χ0n) is 12.3. The van der Waals surface area contributed by atoms with Gasteiger partial charge >= 0.3 is 0 Å². The summed E-state index contributed by atoms with van der Waals surface area (Å²) in [5.74, 6) is 0.477. The maximum atomic E-state index is 11.3.